The summed E-state index contributed by atoms with van der Waals surface area (Å²) in [5, 5.41) is 0. The van der Waals surface area contributed by atoms with Crippen LogP contribution in [0.3, 0.4) is 0 Å². The van der Waals surface area contributed by atoms with Gasteiger partial charge in [0.2, 0.25) is 0 Å². The summed E-state index contributed by atoms with van der Waals surface area (Å²) in [5.74, 6) is 2.31. The van der Waals surface area contributed by atoms with Gasteiger partial charge in [0.15, 0.2) is 5.90 Å². The minimum Gasteiger partial charge on any atom is -0.450 e. The van der Waals surface area contributed by atoms with E-state index in [1.807, 2.05) is 18.9 Å². The van der Waals surface area contributed by atoms with Crippen molar-refractivity contribution in [3.05, 3.63) is 12.3 Å². The number of ether oxygens (including phenoxy) is 2. The predicted octanol–water partition coefficient (Wildman–Crippen LogP) is 3.92. The molecule has 0 saturated carbocycles. The molecule has 1 atom stereocenters. The van der Waals surface area contributed by atoms with Gasteiger partial charge in [-0.3, -0.25) is 4.99 Å². The molecule has 0 aliphatic carbocycles. The van der Waals surface area contributed by atoms with Crippen molar-refractivity contribution in [2.45, 2.75) is 58.9 Å². The van der Waals surface area contributed by atoms with Crippen molar-refractivity contribution in [3.63, 3.8) is 0 Å². The Hall–Kier alpha value is -1.56. The number of likely N-dealkylation sites (tertiary alicyclic amines) is 2. The Bertz CT molecular complexity index is 525. The second kappa shape index (κ2) is 10.7. The lowest BCUT2D eigenvalue weighted by atomic mass is 9.94. The monoisotopic (exact) mass is 379 g/mol. The van der Waals surface area contributed by atoms with Crippen LogP contribution in [0.25, 0.3) is 0 Å². The van der Waals surface area contributed by atoms with Gasteiger partial charge in [-0.15, -0.1) is 0 Å². The third-order valence-electron chi connectivity index (χ3n) is 5.72. The molecule has 6 heteroatoms. The predicted molar refractivity (Wildman–Crippen MR) is 109 cm³/mol. The number of hydrogen-bond acceptors (Lipinski definition) is 5. The first-order valence-corrected chi connectivity index (χ1v) is 10.4. The molecule has 0 aromatic heterocycles. The van der Waals surface area contributed by atoms with Gasteiger partial charge in [0, 0.05) is 38.0 Å². The van der Waals surface area contributed by atoms with Crippen LogP contribution in [0, 0.1) is 11.8 Å². The average molecular weight is 380 g/mol. The molecular formula is C21H37N3O3. The van der Waals surface area contributed by atoms with E-state index < -0.39 is 0 Å². The molecule has 0 spiro atoms. The number of aliphatic imine (C=N–C) groups is 1. The van der Waals surface area contributed by atoms with Gasteiger partial charge < -0.3 is 19.3 Å². The number of piperidine rings is 1. The maximum Gasteiger partial charge on any atom is 0.409 e. The number of carbonyl (C=O) groups is 1. The number of hydrogen-bond donors (Lipinski definition) is 0. The highest BCUT2D eigenvalue weighted by molar-refractivity contribution is 5.79. The molecule has 27 heavy (non-hydrogen) atoms. The first-order chi connectivity index (χ1) is 13.0. The third kappa shape index (κ3) is 6.23. The van der Waals surface area contributed by atoms with Crippen LogP contribution in [0.15, 0.2) is 17.3 Å². The molecule has 2 heterocycles. The summed E-state index contributed by atoms with van der Waals surface area (Å²) in [7, 11) is 1.81. The Balaban J connectivity index is 1.83. The van der Waals surface area contributed by atoms with E-state index in [-0.39, 0.29) is 6.09 Å². The maximum absolute atomic E-state index is 12.0. The van der Waals surface area contributed by atoms with Gasteiger partial charge in [-0.1, -0.05) is 20.4 Å². The van der Waals surface area contributed by atoms with Crippen LogP contribution in [0.1, 0.15) is 52.9 Å². The molecule has 2 rings (SSSR count). The molecule has 1 amide bonds. The van der Waals surface area contributed by atoms with Gasteiger partial charge in [0.05, 0.1) is 6.61 Å². The molecule has 154 valence electrons. The summed E-state index contributed by atoms with van der Waals surface area (Å²) in [6.45, 7) is 14.2. The summed E-state index contributed by atoms with van der Waals surface area (Å²) < 4.78 is 11.1. The van der Waals surface area contributed by atoms with Gasteiger partial charge >= 0.3 is 6.09 Å². The zero-order chi connectivity index (χ0) is 19.8. The molecular weight excluding hydrogens is 342 g/mol. The van der Waals surface area contributed by atoms with Gasteiger partial charge in [-0.2, -0.15) is 0 Å². The van der Waals surface area contributed by atoms with Crippen LogP contribution in [0.4, 0.5) is 4.79 Å². The molecule has 2 fully saturated rings. The van der Waals surface area contributed by atoms with E-state index in [0.29, 0.717) is 24.5 Å². The zero-order valence-corrected chi connectivity index (χ0v) is 17.6. The van der Waals surface area contributed by atoms with Crippen molar-refractivity contribution < 1.29 is 14.3 Å². The molecule has 0 aromatic carbocycles. The molecule has 0 radical (unpaired) electrons. The van der Waals surface area contributed by atoms with Crippen LogP contribution in [0.2, 0.25) is 0 Å². The third-order valence-corrected chi connectivity index (χ3v) is 5.72. The van der Waals surface area contributed by atoms with Crippen LogP contribution >= 0.6 is 0 Å². The van der Waals surface area contributed by atoms with Crippen molar-refractivity contribution in [2.75, 3.05) is 39.8 Å². The topological polar surface area (TPSA) is 54.4 Å². The van der Waals surface area contributed by atoms with Gasteiger partial charge in [-0.05, 0) is 52.1 Å². The maximum atomic E-state index is 12.0. The molecule has 0 bridgehead atoms. The summed E-state index contributed by atoms with van der Waals surface area (Å²) in [5.41, 5.74) is 0. The highest BCUT2D eigenvalue weighted by Crippen LogP contribution is 2.26. The minimum atomic E-state index is -0.164. The molecule has 0 N–H and O–H groups in total. The average Bonchev–Trinajstić information content (AvgIpc) is 2.92. The first kappa shape index (κ1) is 21.7. The summed E-state index contributed by atoms with van der Waals surface area (Å²) in [6.07, 6.45) is 5.19. The van der Waals surface area contributed by atoms with E-state index in [1.165, 1.54) is 0 Å². The summed E-state index contributed by atoms with van der Waals surface area (Å²) in [6, 6.07) is 0.555. The lowest BCUT2D eigenvalue weighted by Crippen LogP contribution is -2.43. The molecule has 1 unspecified atom stereocenters. The van der Waals surface area contributed by atoms with Gasteiger partial charge in [0.25, 0.3) is 0 Å². The van der Waals surface area contributed by atoms with E-state index in [9.17, 15) is 4.79 Å². The number of carbonyl (C=O) groups excluding carboxylic acids is 1. The van der Waals surface area contributed by atoms with Gasteiger partial charge in [0.1, 0.15) is 5.76 Å². The number of nitrogens with zero attached hydrogens (tertiary/aromatic N) is 3. The second-order valence-electron chi connectivity index (χ2n) is 7.87. The number of amides is 1. The Morgan fingerprint density at radius 3 is 2.44 bits per heavy atom. The molecule has 0 aromatic rings. The quantitative estimate of drug-likeness (QED) is 0.413. The molecule has 2 aliphatic rings. The van der Waals surface area contributed by atoms with Crippen LogP contribution < -0.4 is 0 Å². The van der Waals surface area contributed by atoms with Crippen molar-refractivity contribution in [1.29, 1.82) is 0 Å². The van der Waals surface area contributed by atoms with Crippen LogP contribution in [-0.2, 0) is 9.47 Å². The summed E-state index contributed by atoms with van der Waals surface area (Å²) in [4.78, 5) is 20.8. The highest BCUT2D eigenvalue weighted by Gasteiger charge is 2.30. The largest absolute Gasteiger partial charge is 0.450 e. The normalized spacial score (nSPS) is 23.2. The smallest absolute Gasteiger partial charge is 0.409 e. The SMILES string of the molecule is C=C(OC(=NC)C1CCN(C2CCCN(C(=O)OCC)CC2)CC1)C(C)C. The fourth-order valence-electron chi connectivity index (χ4n) is 3.92. The highest BCUT2D eigenvalue weighted by atomic mass is 16.6. The van der Waals surface area contributed by atoms with Crippen molar-refractivity contribution in [1.82, 2.24) is 9.80 Å². The standard InChI is InChI=1S/C21H37N3O3/c1-6-26-21(25)24-12-7-8-19(11-15-24)23-13-9-18(10-14-23)20(22-5)27-17(4)16(2)3/h16,18-19H,4,6-15H2,1-3,5H3. The Labute approximate surface area is 164 Å². The lowest BCUT2D eigenvalue weighted by molar-refractivity contribution is 0.104. The number of allylic oxidation sites excluding steroid dienone is 1. The van der Waals surface area contributed by atoms with Crippen LogP contribution in [-0.4, -0.2) is 67.7 Å². The fourth-order valence-corrected chi connectivity index (χ4v) is 3.92. The summed E-state index contributed by atoms with van der Waals surface area (Å²) >= 11 is 0. The van der Waals surface area contributed by atoms with E-state index >= 15 is 0 Å². The van der Waals surface area contributed by atoms with E-state index in [2.05, 4.69) is 30.3 Å². The van der Waals surface area contributed by atoms with E-state index in [4.69, 9.17) is 9.47 Å². The zero-order valence-electron chi connectivity index (χ0n) is 17.6. The minimum absolute atomic E-state index is 0.164. The molecule has 6 nitrogen and oxygen atoms in total. The van der Waals surface area contributed by atoms with Crippen molar-refractivity contribution in [3.8, 4) is 0 Å². The van der Waals surface area contributed by atoms with E-state index in [1.54, 1.807) is 0 Å². The van der Waals surface area contributed by atoms with Crippen LogP contribution in [0.5, 0.6) is 0 Å². The first-order valence-electron chi connectivity index (χ1n) is 10.4. The molecule has 2 saturated heterocycles. The van der Waals surface area contributed by atoms with Gasteiger partial charge in [-0.25, -0.2) is 4.79 Å². The van der Waals surface area contributed by atoms with E-state index in [0.717, 1.165) is 69.9 Å². The van der Waals surface area contributed by atoms with Crippen molar-refractivity contribution >= 4 is 12.0 Å². The fraction of sp³-hybridized carbons (Fsp3) is 0.810. The Morgan fingerprint density at radius 2 is 1.85 bits per heavy atom. The number of rotatable bonds is 5. The lowest BCUT2D eigenvalue weighted by Gasteiger charge is -2.37. The van der Waals surface area contributed by atoms with Crippen molar-refractivity contribution in [2.24, 2.45) is 16.8 Å². The Morgan fingerprint density at radius 1 is 1.15 bits per heavy atom. The Kier molecular flexibility index (Phi) is 8.61. The molecule has 2 aliphatic heterocycles. The second-order valence-corrected chi connectivity index (χ2v) is 7.87.